The molecule has 18 atom stereocenters. The molecule has 0 saturated carbocycles. The molecule has 3 aromatic rings. The van der Waals surface area contributed by atoms with E-state index in [2.05, 4.69) is 10.3 Å². The van der Waals surface area contributed by atoms with E-state index in [0.717, 1.165) is 16.8 Å². The summed E-state index contributed by atoms with van der Waals surface area (Å²) in [5, 5.41) is 68.6. The van der Waals surface area contributed by atoms with Crippen LogP contribution in [0.2, 0.25) is 0 Å². The van der Waals surface area contributed by atoms with Crippen molar-refractivity contribution < 1.29 is 58.7 Å². The summed E-state index contributed by atoms with van der Waals surface area (Å²) in [5.74, 6) is -2.81. The lowest BCUT2D eigenvalue weighted by atomic mass is 9.77. The maximum Gasteiger partial charge on any atom is 0.311 e. The number of carbonyl (C=O) groups excluding carboxylic acids is 1. The molecule has 410 valence electrons. The van der Waals surface area contributed by atoms with Crippen LogP contribution in [0.4, 0.5) is 0 Å². The Bertz CT molecular complexity index is 2310. The highest BCUT2D eigenvalue weighted by Gasteiger charge is 2.53. The van der Waals surface area contributed by atoms with Gasteiger partial charge in [-0.3, -0.25) is 23.7 Å². The molecule has 19 nitrogen and oxygen atoms in total. The summed E-state index contributed by atoms with van der Waals surface area (Å²) in [6.07, 6.45) is -4.84. The number of hydrogen-bond acceptors (Lipinski definition) is 17. The number of nitrogens with zero attached hydrogens (tertiary/aromatic N) is 6. The Labute approximate surface area is 431 Å². The van der Waals surface area contributed by atoms with Gasteiger partial charge in [0.15, 0.2) is 12.6 Å². The van der Waals surface area contributed by atoms with Gasteiger partial charge in [0.25, 0.3) is 5.56 Å². The lowest BCUT2D eigenvalue weighted by Gasteiger charge is -2.49. The highest BCUT2D eigenvalue weighted by Crippen LogP contribution is 2.40. The first-order valence-electron chi connectivity index (χ1n) is 26.1. The fourth-order valence-corrected chi connectivity index (χ4v) is 11.4. The SMILES string of the molecule is CC[C@H]1OC(=O)[C@H](C)[C@@H](O[C@H]2C[C@@](C)(OC)[C@@H](O)[C@H](C)O2)[C@H](C)[C@@H](O[C@@H]2O[C@H](C)C[C@H](N(C)Cc3cn(CCc4ccc(-n5cc(C)ccc5=O)cc4)nn3)[C@H]2O)[C@](C)(O)C[C@@H](C)CN(C)[C@H](C)[C@@H](O)[C@]1(C)O. The van der Waals surface area contributed by atoms with Crippen LogP contribution in [0, 0.1) is 24.7 Å². The molecule has 3 saturated heterocycles. The number of benzene rings is 1. The van der Waals surface area contributed by atoms with E-state index in [1.54, 1.807) is 62.9 Å². The van der Waals surface area contributed by atoms with E-state index < -0.39 is 102 Å². The maximum atomic E-state index is 14.5. The highest BCUT2D eigenvalue weighted by atomic mass is 16.7. The number of hydrogen-bond donors (Lipinski definition) is 5. The number of rotatable bonds is 13. The second-order valence-electron chi connectivity index (χ2n) is 22.4. The van der Waals surface area contributed by atoms with Crippen molar-refractivity contribution in [2.75, 3.05) is 27.7 Å². The van der Waals surface area contributed by atoms with Gasteiger partial charge in [-0.05, 0) is 124 Å². The van der Waals surface area contributed by atoms with Crippen molar-refractivity contribution >= 4 is 5.97 Å². The summed E-state index contributed by atoms with van der Waals surface area (Å²) < 4.78 is 41.7. The molecule has 5 heterocycles. The van der Waals surface area contributed by atoms with Crippen LogP contribution in [0.1, 0.15) is 112 Å². The number of aromatic nitrogens is 4. The molecule has 73 heavy (non-hydrogen) atoms. The van der Waals surface area contributed by atoms with Crippen molar-refractivity contribution in [3.8, 4) is 5.69 Å². The molecule has 2 aromatic heterocycles. The van der Waals surface area contributed by atoms with Crippen LogP contribution in [-0.2, 0) is 52.7 Å². The minimum absolute atomic E-state index is 0.0915. The molecule has 19 heteroatoms. The number of aliphatic hydroxyl groups is 5. The van der Waals surface area contributed by atoms with Gasteiger partial charge >= 0.3 is 5.97 Å². The molecular weight excluding hydrogens is 941 g/mol. The number of carbonyl (C=O) groups is 1. The average molecular weight is 1030 g/mol. The van der Waals surface area contributed by atoms with E-state index in [-0.39, 0.29) is 36.8 Å². The summed E-state index contributed by atoms with van der Waals surface area (Å²) in [7, 11) is 5.24. The van der Waals surface area contributed by atoms with E-state index in [1.165, 1.54) is 14.0 Å². The van der Waals surface area contributed by atoms with E-state index in [9.17, 15) is 35.1 Å². The number of pyridine rings is 1. The summed E-state index contributed by atoms with van der Waals surface area (Å²) in [6.45, 7) is 20.8. The summed E-state index contributed by atoms with van der Waals surface area (Å²) in [4.78, 5) is 30.9. The zero-order chi connectivity index (χ0) is 53.9. The summed E-state index contributed by atoms with van der Waals surface area (Å²) >= 11 is 0. The van der Waals surface area contributed by atoms with Crippen LogP contribution in [0.3, 0.4) is 0 Å². The number of esters is 1. The fourth-order valence-electron chi connectivity index (χ4n) is 11.4. The van der Waals surface area contributed by atoms with E-state index in [4.69, 9.17) is 28.4 Å². The molecule has 0 radical (unpaired) electrons. The van der Waals surface area contributed by atoms with Crippen molar-refractivity contribution in [3.05, 3.63) is 76.0 Å². The second-order valence-corrected chi connectivity index (χ2v) is 22.4. The molecule has 5 N–H and O–H groups in total. The van der Waals surface area contributed by atoms with Crippen molar-refractivity contribution in [1.29, 1.82) is 0 Å². The van der Waals surface area contributed by atoms with Crippen molar-refractivity contribution in [1.82, 2.24) is 29.4 Å². The van der Waals surface area contributed by atoms with Crippen LogP contribution < -0.4 is 5.56 Å². The van der Waals surface area contributed by atoms with Crippen LogP contribution >= 0.6 is 0 Å². The molecule has 0 spiro atoms. The number of aliphatic hydroxyl groups excluding tert-OH is 3. The van der Waals surface area contributed by atoms with Gasteiger partial charge in [0.05, 0.1) is 47.2 Å². The Kier molecular flexibility index (Phi) is 19.3. The molecule has 0 bridgehead atoms. The van der Waals surface area contributed by atoms with Gasteiger partial charge in [-0.2, -0.15) is 0 Å². The number of aryl methyl sites for hydroxylation is 3. The molecular formula is C54H86N6O13. The smallest absolute Gasteiger partial charge is 0.311 e. The third kappa shape index (κ3) is 13.7. The Morgan fingerprint density at radius 2 is 1.59 bits per heavy atom. The molecule has 0 unspecified atom stereocenters. The first kappa shape index (κ1) is 58.6. The predicted octanol–water partition coefficient (Wildman–Crippen LogP) is 3.76. The predicted molar refractivity (Wildman–Crippen MR) is 272 cm³/mol. The Balaban J connectivity index is 1.25. The topological polar surface area (TPSA) is 233 Å². The van der Waals surface area contributed by atoms with Crippen LogP contribution in [0.15, 0.2) is 53.6 Å². The molecule has 6 rings (SSSR count). The first-order chi connectivity index (χ1) is 34.2. The molecule has 1 aromatic carbocycles. The molecule has 3 fully saturated rings. The largest absolute Gasteiger partial charge is 0.459 e. The minimum atomic E-state index is -1.84. The lowest BCUT2D eigenvalue weighted by Crippen LogP contribution is -2.60. The van der Waals surface area contributed by atoms with Gasteiger partial charge in [-0.25, -0.2) is 0 Å². The monoisotopic (exact) mass is 1030 g/mol. The molecule has 3 aliphatic rings. The van der Waals surface area contributed by atoms with Crippen LogP contribution in [-0.4, -0.2) is 179 Å². The molecule has 0 aliphatic carbocycles. The van der Waals surface area contributed by atoms with Crippen molar-refractivity contribution in [2.24, 2.45) is 17.8 Å². The summed E-state index contributed by atoms with van der Waals surface area (Å²) in [6, 6.07) is 10.2. The Morgan fingerprint density at radius 3 is 2.25 bits per heavy atom. The number of methoxy groups -OCH3 is 1. The third-order valence-electron chi connectivity index (χ3n) is 16.0. The Hall–Kier alpha value is -3.70. The zero-order valence-corrected chi connectivity index (χ0v) is 45.6. The number of ether oxygens (including phenoxy) is 6. The lowest BCUT2D eigenvalue weighted by molar-refractivity contribution is -0.318. The van der Waals surface area contributed by atoms with Crippen LogP contribution in [0.25, 0.3) is 5.69 Å². The average Bonchev–Trinajstić information content (AvgIpc) is 3.79. The fraction of sp³-hybridized carbons (Fsp3) is 0.741. The van der Waals surface area contributed by atoms with Crippen molar-refractivity contribution in [2.45, 2.75) is 212 Å². The van der Waals surface area contributed by atoms with Gasteiger partial charge in [-0.15, -0.1) is 5.10 Å². The van der Waals surface area contributed by atoms with Gasteiger partial charge in [0.1, 0.15) is 30.0 Å². The quantitative estimate of drug-likeness (QED) is 0.153. The molecule has 3 aliphatic heterocycles. The van der Waals surface area contributed by atoms with Crippen LogP contribution in [0.5, 0.6) is 0 Å². The van der Waals surface area contributed by atoms with Gasteiger partial charge in [-0.1, -0.05) is 44.2 Å². The first-order valence-corrected chi connectivity index (χ1v) is 26.1. The maximum absolute atomic E-state index is 14.5. The third-order valence-corrected chi connectivity index (χ3v) is 16.0. The van der Waals surface area contributed by atoms with E-state index in [1.807, 2.05) is 88.2 Å². The van der Waals surface area contributed by atoms with Gasteiger partial charge in [0, 0.05) is 75.3 Å². The summed E-state index contributed by atoms with van der Waals surface area (Å²) in [5.41, 5.74) is -1.08. The zero-order valence-electron chi connectivity index (χ0n) is 45.6. The van der Waals surface area contributed by atoms with Gasteiger partial charge < -0.3 is 58.9 Å². The highest BCUT2D eigenvalue weighted by molar-refractivity contribution is 5.73. The second kappa shape index (κ2) is 24.1. The van der Waals surface area contributed by atoms with E-state index in [0.29, 0.717) is 38.2 Å². The standard InChI is InChI=1S/C54H86N6O13/c1-15-42-54(11,67)47(63)36(7)57(12)27-32(3)25-52(9,66)49(34(5)46(35(6)50(65)71-42)72-44-26-53(10,68-14)48(64)37(8)70-44)73-51-45(62)41(24-33(4)69-51)58(13)29-39-30-59(56-55-39)23-22-38-17-19-40(20-18-38)60-28-31(2)16-21-43(60)61/h16-21,28,30,32-37,41-42,44-49,51,62-64,66-67H,15,22-27,29H2,1-14H3/t32-,33-,34+,35-,36-,37+,41+,42-,44+,45-,46+,47-,48+,49-,51+,52-,53-,54-/m1/s1. The van der Waals surface area contributed by atoms with Gasteiger partial charge in [0.2, 0.25) is 0 Å². The minimum Gasteiger partial charge on any atom is -0.459 e. The Morgan fingerprint density at radius 1 is 0.904 bits per heavy atom. The van der Waals surface area contributed by atoms with E-state index >= 15 is 0 Å². The number of cyclic esters (lactones) is 1. The normalized spacial score (nSPS) is 38.7. The van der Waals surface area contributed by atoms with Crippen molar-refractivity contribution in [3.63, 3.8) is 0 Å². The number of likely N-dealkylation sites (N-methyl/N-ethyl adjacent to an activating group) is 2. The molecule has 0 amide bonds.